The Morgan fingerprint density at radius 2 is 2.11 bits per heavy atom. The molecule has 10 heteroatoms. The van der Waals surface area contributed by atoms with E-state index in [0.717, 1.165) is 23.2 Å². The Bertz CT molecular complexity index is 1460. The second-order valence-electron chi connectivity index (χ2n) is 8.54. The minimum absolute atomic E-state index is 0.0593. The van der Waals surface area contributed by atoms with Crippen LogP contribution in [0.2, 0.25) is 0 Å². The molecule has 1 aliphatic rings. The van der Waals surface area contributed by atoms with Gasteiger partial charge in [-0.25, -0.2) is 9.97 Å². The molecule has 1 fully saturated rings. The molecule has 1 unspecified atom stereocenters. The number of halogens is 1. The molecule has 2 amide bonds. The number of imidazole rings is 1. The highest BCUT2D eigenvalue weighted by Gasteiger charge is 2.29. The van der Waals surface area contributed by atoms with E-state index in [9.17, 15) is 19.1 Å². The van der Waals surface area contributed by atoms with Crippen molar-refractivity contribution in [2.45, 2.75) is 32.0 Å². The fraction of sp³-hybridized carbons (Fsp3) is 0.231. The number of aromatic nitrogens is 3. The van der Waals surface area contributed by atoms with Crippen molar-refractivity contribution in [2.75, 3.05) is 11.9 Å². The number of carbonyl (C=O) groups excluding carboxylic acids is 2. The molecule has 0 radical (unpaired) electrons. The predicted molar refractivity (Wildman–Crippen MR) is 136 cm³/mol. The van der Waals surface area contributed by atoms with Crippen molar-refractivity contribution < 1.29 is 19.1 Å². The highest BCUT2D eigenvalue weighted by atomic mass is 32.1. The van der Waals surface area contributed by atoms with E-state index in [0.29, 0.717) is 40.6 Å². The molecule has 3 aromatic heterocycles. The van der Waals surface area contributed by atoms with Crippen LogP contribution < -0.4 is 5.32 Å². The first-order valence-corrected chi connectivity index (χ1v) is 12.3. The maximum atomic E-state index is 13.5. The van der Waals surface area contributed by atoms with E-state index in [1.54, 1.807) is 29.2 Å². The molecule has 0 aliphatic carbocycles. The number of rotatable bonds is 7. The first-order valence-electron chi connectivity index (χ1n) is 11.5. The molecule has 0 bridgehead atoms. The molecule has 0 spiro atoms. The minimum Gasteiger partial charge on any atom is -0.392 e. The van der Waals surface area contributed by atoms with Gasteiger partial charge in [0.1, 0.15) is 0 Å². The number of aliphatic hydroxyl groups excluding tert-OH is 1. The summed E-state index contributed by atoms with van der Waals surface area (Å²) in [4.78, 5) is 36.7. The Labute approximate surface area is 210 Å². The standard InChI is InChI=1S/C26H24FN5O3S/c1-2-24(34)31-11-3-4-18(31)14-32-20-6-5-16(15-33)12-19(20)29-26(32)30-25(35)22-8-7-21(36-22)17-9-10-28-23(27)13-17/h2,5-10,12-13,18,33H,1,3-4,11,14-15H2,(H,29,30,35). The van der Waals surface area contributed by atoms with Gasteiger partial charge in [0, 0.05) is 30.2 Å². The number of hydrogen-bond donors (Lipinski definition) is 2. The second-order valence-corrected chi connectivity index (χ2v) is 9.63. The smallest absolute Gasteiger partial charge is 0.268 e. The molecule has 1 saturated heterocycles. The molecule has 4 heterocycles. The average molecular weight is 506 g/mol. The van der Waals surface area contributed by atoms with Gasteiger partial charge in [-0.1, -0.05) is 12.6 Å². The Kier molecular flexibility index (Phi) is 6.62. The highest BCUT2D eigenvalue weighted by molar-refractivity contribution is 7.17. The number of amides is 2. The van der Waals surface area contributed by atoms with Crippen molar-refractivity contribution in [3.05, 3.63) is 77.7 Å². The fourth-order valence-corrected chi connectivity index (χ4v) is 5.43. The number of nitrogens with zero attached hydrogens (tertiary/aromatic N) is 4. The van der Waals surface area contributed by atoms with Crippen LogP contribution in [0.4, 0.5) is 10.3 Å². The number of aliphatic hydroxyl groups is 1. The molecular weight excluding hydrogens is 481 g/mol. The van der Waals surface area contributed by atoms with Gasteiger partial charge in [-0.3, -0.25) is 14.9 Å². The number of anilines is 1. The summed E-state index contributed by atoms with van der Waals surface area (Å²) in [6, 6.07) is 11.9. The van der Waals surface area contributed by atoms with Crippen molar-refractivity contribution in [1.82, 2.24) is 19.4 Å². The van der Waals surface area contributed by atoms with E-state index in [4.69, 9.17) is 0 Å². The first-order chi connectivity index (χ1) is 17.5. The largest absolute Gasteiger partial charge is 0.392 e. The third-order valence-corrected chi connectivity index (χ3v) is 7.42. The zero-order chi connectivity index (χ0) is 25.2. The molecule has 5 rings (SSSR count). The minimum atomic E-state index is -0.584. The van der Waals surface area contributed by atoms with Crippen LogP contribution in [0.25, 0.3) is 21.5 Å². The van der Waals surface area contributed by atoms with Crippen molar-refractivity contribution >= 4 is 40.1 Å². The summed E-state index contributed by atoms with van der Waals surface area (Å²) in [6.07, 6.45) is 4.43. The van der Waals surface area contributed by atoms with E-state index in [1.165, 1.54) is 29.7 Å². The van der Waals surface area contributed by atoms with Gasteiger partial charge in [0.2, 0.25) is 17.8 Å². The third kappa shape index (κ3) is 4.65. The lowest BCUT2D eigenvalue weighted by Crippen LogP contribution is -2.37. The average Bonchev–Trinajstić information content (AvgIpc) is 3.63. The number of nitrogens with one attached hydrogen (secondary N) is 1. The maximum Gasteiger partial charge on any atom is 0.268 e. The van der Waals surface area contributed by atoms with Gasteiger partial charge < -0.3 is 14.6 Å². The highest BCUT2D eigenvalue weighted by Crippen LogP contribution is 2.30. The van der Waals surface area contributed by atoms with E-state index >= 15 is 0 Å². The normalized spacial score (nSPS) is 15.4. The van der Waals surface area contributed by atoms with Crippen molar-refractivity contribution in [1.29, 1.82) is 0 Å². The van der Waals surface area contributed by atoms with Crippen LogP contribution in [0, 0.1) is 5.95 Å². The van der Waals surface area contributed by atoms with Crippen molar-refractivity contribution in [3.8, 4) is 10.4 Å². The molecule has 1 aliphatic heterocycles. The second kappa shape index (κ2) is 10.00. The van der Waals surface area contributed by atoms with Gasteiger partial charge in [0.15, 0.2) is 0 Å². The number of thiophene rings is 1. The topological polar surface area (TPSA) is 100 Å². The van der Waals surface area contributed by atoms with E-state index in [-0.39, 0.29) is 24.5 Å². The molecular formula is C26H24FN5O3S. The SMILES string of the molecule is C=CC(=O)N1CCCC1Cn1c(NC(=O)c2ccc(-c3ccnc(F)c3)s2)nc2cc(CO)ccc21. The van der Waals surface area contributed by atoms with Gasteiger partial charge in [0.05, 0.1) is 28.6 Å². The number of hydrogen-bond acceptors (Lipinski definition) is 6. The summed E-state index contributed by atoms with van der Waals surface area (Å²) < 4.78 is 15.4. The Morgan fingerprint density at radius 3 is 2.89 bits per heavy atom. The monoisotopic (exact) mass is 505 g/mol. The molecule has 2 N–H and O–H groups in total. The molecule has 8 nitrogen and oxygen atoms in total. The fourth-order valence-electron chi connectivity index (χ4n) is 4.53. The van der Waals surface area contributed by atoms with Gasteiger partial charge in [-0.2, -0.15) is 4.39 Å². The quantitative estimate of drug-likeness (QED) is 0.289. The van der Waals surface area contributed by atoms with E-state index in [2.05, 4.69) is 21.9 Å². The summed E-state index contributed by atoms with van der Waals surface area (Å²) in [5, 5.41) is 12.5. The third-order valence-electron chi connectivity index (χ3n) is 6.29. The number of carbonyl (C=O) groups is 2. The molecule has 36 heavy (non-hydrogen) atoms. The van der Waals surface area contributed by atoms with Gasteiger partial charge in [0.25, 0.3) is 5.91 Å². The van der Waals surface area contributed by atoms with E-state index in [1.807, 2.05) is 16.7 Å². The van der Waals surface area contributed by atoms with Crippen LogP contribution in [-0.2, 0) is 17.9 Å². The van der Waals surface area contributed by atoms with E-state index < -0.39 is 5.95 Å². The van der Waals surface area contributed by atoms with Crippen LogP contribution in [-0.4, -0.2) is 48.9 Å². The molecule has 0 saturated carbocycles. The lowest BCUT2D eigenvalue weighted by atomic mass is 10.2. The maximum absolute atomic E-state index is 13.5. The molecule has 1 aromatic carbocycles. The Hall–Kier alpha value is -3.89. The lowest BCUT2D eigenvalue weighted by Gasteiger charge is -2.24. The summed E-state index contributed by atoms with van der Waals surface area (Å²) in [5.41, 5.74) is 2.78. The number of fused-ring (bicyclic) bond motifs is 1. The summed E-state index contributed by atoms with van der Waals surface area (Å²) in [7, 11) is 0. The number of likely N-dealkylation sites (tertiary alicyclic amines) is 1. The van der Waals surface area contributed by atoms with Crippen LogP contribution in [0.3, 0.4) is 0 Å². The zero-order valence-electron chi connectivity index (χ0n) is 19.4. The predicted octanol–water partition coefficient (Wildman–Crippen LogP) is 4.22. The first kappa shape index (κ1) is 23.8. The van der Waals surface area contributed by atoms with Crippen LogP contribution in [0.5, 0.6) is 0 Å². The van der Waals surface area contributed by atoms with Crippen molar-refractivity contribution in [3.63, 3.8) is 0 Å². The van der Waals surface area contributed by atoms with Gasteiger partial charge in [-0.15, -0.1) is 11.3 Å². The lowest BCUT2D eigenvalue weighted by molar-refractivity contribution is -0.126. The zero-order valence-corrected chi connectivity index (χ0v) is 20.2. The van der Waals surface area contributed by atoms with Gasteiger partial charge >= 0.3 is 0 Å². The molecule has 184 valence electrons. The van der Waals surface area contributed by atoms with Crippen molar-refractivity contribution in [2.24, 2.45) is 0 Å². The van der Waals surface area contributed by atoms with Crippen LogP contribution >= 0.6 is 11.3 Å². The number of benzene rings is 1. The Morgan fingerprint density at radius 1 is 1.25 bits per heavy atom. The number of pyridine rings is 1. The van der Waals surface area contributed by atoms with Gasteiger partial charge in [-0.05, 0) is 60.4 Å². The molecule has 1 atom stereocenters. The Balaban J connectivity index is 1.46. The van der Waals surface area contributed by atoms with Crippen LogP contribution in [0.1, 0.15) is 28.1 Å². The summed E-state index contributed by atoms with van der Waals surface area (Å²) in [5.74, 6) is -0.689. The summed E-state index contributed by atoms with van der Waals surface area (Å²) >= 11 is 1.24. The van der Waals surface area contributed by atoms with Crippen LogP contribution in [0.15, 0.2) is 61.3 Å². The summed E-state index contributed by atoms with van der Waals surface area (Å²) in [6.45, 7) is 4.60. The molecule has 4 aromatic rings.